The highest BCUT2D eigenvalue weighted by atomic mass is 19.1. The molecule has 0 bridgehead atoms. The van der Waals surface area contributed by atoms with Gasteiger partial charge in [0.2, 0.25) is 5.91 Å². The Labute approximate surface area is 150 Å². The van der Waals surface area contributed by atoms with Gasteiger partial charge in [0.1, 0.15) is 11.9 Å². The minimum Gasteiger partial charge on any atom is -0.497 e. The van der Waals surface area contributed by atoms with E-state index in [1.807, 2.05) is 18.2 Å². The Morgan fingerprint density at radius 2 is 2.04 bits per heavy atom. The van der Waals surface area contributed by atoms with Gasteiger partial charge in [0.15, 0.2) is 0 Å². The van der Waals surface area contributed by atoms with Gasteiger partial charge < -0.3 is 15.0 Å². The summed E-state index contributed by atoms with van der Waals surface area (Å²) in [5.41, 5.74) is 0. The molecule has 1 amide bonds. The van der Waals surface area contributed by atoms with E-state index < -0.39 is 6.17 Å². The molecule has 1 aliphatic heterocycles. The van der Waals surface area contributed by atoms with Crippen LogP contribution in [0.4, 0.5) is 4.39 Å². The summed E-state index contributed by atoms with van der Waals surface area (Å²) < 4.78 is 18.5. The second kappa shape index (κ2) is 8.84. The molecule has 140 valence electrons. The summed E-state index contributed by atoms with van der Waals surface area (Å²) in [6, 6.07) is 0.255. The number of hydrogen-bond donors (Lipinski definition) is 1. The predicted molar refractivity (Wildman–Crippen MR) is 96.8 cm³/mol. The van der Waals surface area contributed by atoms with Gasteiger partial charge in [-0.15, -0.1) is 0 Å². The van der Waals surface area contributed by atoms with Gasteiger partial charge >= 0.3 is 0 Å². The molecule has 1 saturated carbocycles. The summed E-state index contributed by atoms with van der Waals surface area (Å²) in [4.78, 5) is 15.0. The summed E-state index contributed by atoms with van der Waals surface area (Å²) in [5, 5.41) is 3.31. The molecule has 1 heterocycles. The lowest BCUT2D eigenvalue weighted by atomic mass is 9.83. The molecule has 5 heteroatoms. The molecule has 1 saturated heterocycles. The molecule has 25 heavy (non-hydrogen) atoms. The van der Waals surface area contributed by atoms with E-state index in [0.29, 0.717) is 25.2 Å². The van der Waals surface area contributed by atoms with Gasteiger partial charge in [0.25, 0.3) is 0 Å². The number of methoxy groups -OCH3 is 1. The van der Waals surface area contributed by atoms with E-state index in [4.69, 9.17) is 4.74 Å². The fourth-order valence-corrected chi connectivity index (χ4v) is 4.27. The number of piperidine rings is 1. The third-order valence-corrected chi connectivity index (χ3v) is 5.88. The molecule has 0 spiro atoms. The second-order valence-corrected chi connectivity index (χ2v) is 7.65. The van der Waals surface area contributed by atoms with Crippen LogP contribution in [0.15, 0.2) is 24.0 Å². The number of carbonyl (C=O) groups is 1. The highest BCUT2D eigenvalue weighted by Gasteiger charge is 2.31. The summed E-state index contributed by atoms with van der Waals surface area (Å²) >= 11 is 0. The van der Waals surface area contributed by atoms with Gasteiger partial charge in [-0.2, -0.15) is 0 Å². The Bertz CT molecular complexity index is 512. The molecule has 0 aromatic rings. The number of amides is 1. The standard InChI is InChI=1S/C20H31FN2O2/c1-25-18-8-6-15(7-9-18)20(24)22-19-5-3-2-4-16(19)14-23-12-10-17(21)11-13-23/h6,8-9,15-17,19H,2-5,7,10-14H2,1H3,(H,22,24)/t15?,16-,19?/m0/s1. The molecular formula is C20H31FN2O2. The molecular weight excluding hydrogens is 319 g/mol. The molecule has 0 aromatic heterocycles. The van der Waals surface area contributed by atoms with Crippen molar-refractivity contribution in [2.24, 2.45) is 11.8 Å². The zero-order valence-corrected chi connectivity index (χ0v) is 15.3. The van der Waals surface area contributed by atoms with Crippen LogP contribution in [0.1, 0.15) is 44.9 Å². The van der Waals surface area contributed by atoms with Crippen LogP contribution in [0.2, 0.25) is 0 Å². The van der Waals surface area contributed by atoms with Crippen molar-refractivity contribution in [3.05, 3.63) is 24.0 Å². The summed E-state index contributed by atoms with van der Waals surface area (Å²) in [6.45, 7) is 2.70. The molecule has 0 radical (unpaired) electrons. The number of ether oxygens (including phenoxy) is 1. The lowest BCUT2D eigenvalue weighted by molar-refractivity contribution is -0.125. The fourth-order valence-electron chi connectivity index (χ4n) is 4.27. The monoisotopic (exact) mass is 350 g/mol. The number of halogens is 1. The molecule has 0 aromatic carbocycles. The average molecular weight is 350 g/mol. The lowest BCUT2D eigenvalue weighted by Crippen LogP contribution is -2.49. The molecule has 3 rings (SSSR count). The minimum absolute atomic E-state index is 0.0937. The second-order valence-electron chi connectivity index (χ2n) is 7.65. The maximum atomic E-state index is 13.3. The maximum absolute atomic E-state index is 13.3. The molecule has 4 nitrogen and oxygen atoms in total. The van der Waals surface area contributed by atoms with Crippen molar-refractivity contribution in [2.75, 3.05) is 26.7 Å². The Morgan fingerprint density at radius 3 is 2.72 bits per heavy atom. The van der Waals surface area contributed by atoms with Crippen molar-refractivity contribution in [3.63, 3.8) is 0 Å². The Hall–Kier alpha value is -1.36. The van der Waals surface area contributed by atoms with Gasteiger partial charge in [-0.25, -0.2) is 4.39 Å². The van der Waals surface area contributed by atoms with Crippen LogP contribution in [0.25, 0.3) is 0 Å². The van der Waals surface area contributed by atoms with Gasteiger partial charge in [-0.3, -0.25) is 4.79 Å². The first kappa shape index (κ1) is 18.4. The van der Waals surface area contributed by atoms with Crippen molar-refractivity contribution >= 4 is 5.91 Å². The van der Waals surface area contributed by atoms with E-state index in [9.17, 15) is 9.18 Å². The van der Waals surface area contributed by atoms with E-state index >= 15 is 0 Å². The number of nitrogens with one attached hydrogen (secondary N) is 1. The Kier molecular flexibility index (Phi) is 6.51. The zero-order chi connectivity index (χ0) is 17.6. The van der Waals surface area contributed by atoms with E-state index in [2.05, 4.69) is 10.2 Å². The number of allylic oxidation sites excluding steroid dienone is 2. The fraction of sp³-hybridized carbons (Fsp3) is 0.750. The van der Waals surface area contributed by atoms with Crippen LogP contribution in [0, 0.1) is 11.8 Å². The first-order chi connectivity index (χ1) is 12.2. The predicted octanol–water partition coefficient (Wildman–Crippen LogP) is 3.20. The van der Waals surface area contributed by atoms with Crippen LogP contribution >= 0.6 is 0 Å². The third-order valence-electron chi connectivity index (χ3n) is 5.88. The summed E-state index contributed by atoms with van der Waals surface area (Å²) in [5.74, 6) is 1.35. The summed E-state index contributed by atoms with van der Waals surface area (Å²) in [6.07, 6.45) is 11.8. The molecule has 2 unspecified atom stereocenters. The lowest BCUT2D eigenvalue weighted by Gasteiger charge is -2.38. The van der Waals surface area contributed by atoms with Gasteiger partial charge in [0, 0.05) is 25.7 Å². The SMILES string of the molecule is COC1=CCC(C(=O)NC2CCCC[C@H]2CN2CCC(F)CC2)C=C1. The van der Waals surface area contributed by atoms with Crippen LogP contribution in [0.5, 0.6) is 0 Å². The number of carbonyl (C=O) groups excluding carboxylic acids is 1. The number of hydrogen-bond acceptors (Lipinski definition) is 3. The maximum Gasteiger partial charge on any atom is 0.227 e. The van der Waals surface area contributed by atoms with Crippen molar-refractivity contribution in [1.29, 1.82) is 0 Å². The largest absolute Gasteiger partial charge is 0.497 e. The van der Waals surface area contributed by atoms with Crippen molar-refractivity contribution in [2.45, 2.75) is 57.2 Å². The van der Waals surface area contributed by atoms with Crippen LogP contribution in [0.3, 0.4) is 0 Å². The molecule has 3 atom stereocenters. The Morgan fingerprint density at radius 1 is 1.28 bits per heavy atom. The average Bonchev–Trinajstić information content (AvgIpc) is 2.65. The van der Waals surface area contributed by atoms with Gasteiger partial charge in [-0.05, 0) is 50.2 Å². The highest BCUT2D eigenvalue weighted by molar-refractivity contribution is 5.81. The van der Waals surface area contributed by atoms with E-state index in [1.165, 1.54) is 12.8 Å². The van der Waals surface area contributed by atoms with E-state index in [0.717, 1.165) is 38.2 Å². The number of rotatable bonds is 5. The summed E-state index contributed by atoms with van der Waals surface area (Å²) in [7, 11) is 1.65. The van der Waals surface area contributed by atoms with Crippen molar-refractivity contribution in [3.8, 4) is 0 Å². The number of alkyl halides is 1. The normalized spacial score (nSPS) is 31.4. The molecule has 2 fully saturated rings. The first-order valence-electron chi connectivity index (χ1n) is 9.75. The van der Waals surface area contributed by atoms with Crippen LogP contribution < -0.4 is 5.32 Å². The number of nitrogens with zero attached hydrogens (tertiary/aromatic N) is 1. The quantitative estimate of drug-likeness (QED) is 0.828. The first-order valence-corrected chi connectivity index (χ1v) is 9.75. The van der Waals surface area contributed by atoms with E-state index in [-0.39, 0.29) is 17.9 Å². The van der Waals surface area contributed by atoms with Crippen molar-refractivity contribution < 1.29 is 13.9 Å². The Balaban J connectivity index is 1.51. The molecule has 2 aliphatic carbocycles. The van der Waals surface area contributed by atoms with Gasteiger partial charge in [-0.1, -0.05) is 18.9 Å². The smallest absolute Gasteiger partial charge is 0.227 e. The van der Waals surface area contributed by atoms with Crippen LogP contribution in [-0.4, -0.2) is 49.8 Å². The zero-order valence-electron chi connectivity index (χ0n) is 15.3. The molecule has 1 N–H and O–H groups in total. The van der Waals surface area contributed by atoms with Crippen LogP contribution in [-0.2, 0) is 9.53 Å². The van der Waals surface area contributed by atoms with E-state index in [1.54, 1.807) is 7.11 Å². The topological polar surface area (TPSA) is 41.6 Å². The minimum atomic E-state index is -0.624. The van der Waals surface area contributed by atoms with Gasteiger partial charge in [0.05, 0.1) is 13.0 Å². The van der Waals surface area contributed by atoms with Crippen molar-refractivity contribution in [1.82, 2.24) is 10.2 Å². The highest BCUT2D eigenvalue weighted by Crippen LogP contribution is 2.27. The third kappa shape index (κ3) is 5.06. The number of likely N-dealkylation sites (tertiary alicyclic amines) is 1. The molecule has 3 aliphatic rings.